The van der Waals surface area contributed by atoms with E-state index in [2.05, 4.69) is 12.1 Å². The third kappa shape index (κ3) is 3.99. The predicted molar refractivity (Wildman–Crippen MR) is 102 cm³/mol. The second kappa shape index (κ2) is 8.23. The van der Waals surface area contributed by atoms with Crippen LogP contribution < -0.4 is 15.2 Å². The molecule has 1 fully saturated rings. The van der Waals surface area contributed by atoms with Crippen LogP contribution in [0.5, 0.6) is 11.5 Å². The van der Waals surface area contributed by atoms with Crippen molar-refractivity contribution >= 4 is 5.91 Å². The van der Waals surface area contributed by atoms with E-state index in [1.807, 2.05) is 48.2 Å². The van der Waals surface area contributed by atoms with Gasteiger partial charge in [-0.2, -0.15) is 0 Å². The average molecular weight is 354 g/mol. The summed E-state index contributed by atoms with van der Waals surface area (Å²) in [5.74, 6) is 1.75. The Kier molecular flexibility index (Phi) is 5.78. The van der Waals surface area contributed by atoms with Crippen molar-refractivity contribution < 1.29 is 14.3 Å². The van der Waals surface area contributed by atoms with Crippen molar-refractivity contribution in [2.45, 2.75) is 12.8 Å². The van der Waals surface area contributed by atoms with Crippen molar-refractivity contribution in [2.75, 3.05) is 33.4 Å². The molecule has 1 amide bonds. The van der Waals surface area contributed by atoms with Crippen LogP contribution in [-0.4, -0.2) is 44.2 Å². The van der Waals surface area contributed by atoms with Gasteiger partial charge in [0.05, 0.1) is 7.11 Å². The number of hydrogen-bond acceptors (Lipinski definition) is 4. The molecule has 1 heterocycles. The number of methoxy groups -OCH3 is 1. The smallest absolute Gasteiger partial charge is 0.260 e. The molecular weight excluding hydrogens is 328 g/mol. The molecule has 5 heteroatoms. The van der Waals surface area contributed by atoms with Crippen LogP contribution in [-0.2, 0) is 4.79 Å². The number of nitrogens with zero attached hydrogens (tertiary/aromatic N) is 1. The molecule has 0 unspecified atom stereocenters. The monoisotopic (exact) mass is 354 g/mol. The van der Waals surface area contributed by atoms with E-state index in [9.17, 15) is 4.79 Å². The van der Waals surface area contributed by atoms with Gasteiger partial charge in [0.15, 0.2) is 18.1 Å². The minimum Gasteiger partial charge on any atom is -0.493 e. The van der Waals surface area contributed by atoms with E-state index >= 15 is 0 Å². The maximum Gasteiger partial charge on any atom is 0.260 e. The Bertz CT molecular complexity index is 748. The lowest BCUT2D eigenvalue weighted by Crippen LogP contribution is -2.33. The zero-order valence-electron chi connectivity index (χ0n) is 15.4. The van der Waals surface area contributed by atoms with E-state index in [-0.39, 0.29) is 24.3 Å². The Hall–Kier alpha value is -2.53. The molecule has 1 aliphatic rings. The van der Waals surface area contributed by atoms with Crippen molar-refractivity contribution in [1.29, 1.82) is 0 Å². The Morgan fingerprint density at radius 1 is 1.15 bits per heavy atom. The van der Waals surface area contributed by atoms with Crippen LogP contribution in [0.2, 0.25) is 0 Å². The lowest BCUT2D eigenvalue weighted by Gasteiger charge is -2.18. The molecule has 1 aliphatic heterocycles. The van der Waals surface area contributed by atoms with Gasteiger partial charge >= 0.3 is 0 Å². The number of rotatable bonds is 6. The van der Waals surface area contributed by atoms with E-state index in [0.717, 1.165) is 5.56 Å². The lowest BCUT2D eigenvalue weighted by atomic mass is 9.89. The van der Waals surface area contributed by atoms with Gasteiger partial charge in [-0.3, -0.25) is 4.79 Å². The largest absolute Gasteiger partial charge is 0.493 e. The molecule has 2 N–H and O–H groups in total. The van der Waals surface area contributed by atoms with Crippen molar-refractivity contribution in [2.24, 2.45) is 11.7 Å². The number of likely N-dealkylation sites (tertiary alicyclic amines) is 1. The van der Waals surface area contributed by atoms with Gasteiger partial charge in [-0.05, 0) is 42.6 Å². The van der Waals surface area contributed by atoms with Crippen molar-refractivity contribution in [3.05, 3.63) is 59.7 Å². The molecule has 0 spiro atoms. The standard InChI is InChI=1S/C21H26N2O3/c1-15-8-9-19(20(10-15)25-2)26-14-21(24)23-12-17(11-22)18(13-23)16-6-4-3-5-7-16/h3-10,17-18H,11-14,22H2,1-2H3/t17-,18+/m1/s1. The number of carbonyl (C=O) groups excluding carboxylic acids is 1. The Balaban J connectivity index is 1.64. The van der Waals surface area contributed by atoms with E-state index in [1.165, 1.54) is 5.56 Å². The topological polar surface area (TPSA) is 64.8 Å². The van der Waals surface area contributed by atoms with Crippen LogP contribution in [0.1, 0.15) is 17.0 Å². The third-order valence-electron chi connectivity index (χ3n) is 4.99. The fraction of sp³-hybridized carbons (Fsp3) is 0.381. The fourth-order valence-corrected chi connectivity index (χ4v) is 3.52. The first-order valence-corrected chi connectivity index (χ1v) is 8.92. The van der Waals surface area contributed by atoms with Gasteiger partial charge in [0.1, 0.15) is 0 Å². The van der Waals surface area contributed by atoms with Gasteiger partial charge in [0.25, 0.3) is 5.91 Å². The number of hydrogen-bond donors (Lipinski definition) is 1. The molecule has 26 heavy (non-hydrogen) atoms. The highest BCUT2D eigenvalue weighted by Gasteiger charge is 2.35. The number of aryl methyl sites for hydroxylation is 1. The van der Waals surface area contributed by atoms with Crippen molar-refractivity contribution in [1.82, 2.24) is 4.90 Å². The van der Waals surface area contributed by atoms with Gasteiger partial charge < -0.3 is 20.1 Å². The highest BCUT2D eigenvalue weighted by atomic mass is 16.5. The Morgan fingerprint density at radius 3 is 2.62 bits per heavy atom. The molecule has 0 aromatic heterocycles. The molecule has 0 saturated carbocycles. The zero-order valence-corrected chi connectivity index (χ0v) is 15.4. The number of amides is 1. The van der Waals surface area contributed by atoms with Gasteiger partial charge in [0.2, 0.25) is 0 Å². The van der Waals surface area contributed by atoms with E-state index in [0.29, 0.717) is 31.1 Å². The molecule has 0 radical (unpaired) electrons. The summed E-state index contributed by atoms with van der Waals surface area (Å²) >= 11 is 0. The highest BCUT2D eigenvalue weighted by molar-refractivity contribution is 5.78. The zero-order chi connectivity index (χ0) is 18.5. The van der Waals surface area contributed by atoms with Gasteiger partial charge in [-0.15, -0.1) is 0 Å². The quantitative estimate of drug-likeness (QED) is 0.866. The molecule has 3 rings (SSSR count). The Morgan fingerprint density at radius 2 is 1.92 bits per heavy atom. The van der Waals surface area contributed by atoms with Crippen LogP contribution in [0.25, 0.3) is 0 Å². The molecule has 2 aromatic carbocycles. The van der Waals surface area contributed by atoms with Gasteiger partial charge in [-0.1, -0.05) is 36.4 Å². The number of nitrogens with two attached hydrogens (primary N) is 1. The minimum absolute atomic E-state index is 0.00176. The molecule has 138 valence electrons. The summed E-state index contributed by atoms with van der Waals surface area (Å²) in [4.78, 5) is 14.5. The fourth-order valence-electron chi connectivity index (χ4n) is 3.52. The van der Waals surface area contributed by atoms with Crippen LogP contribution in [0.15, 0.2) is 48.5 Å². The molecule has 2 atom stereocenters. The van der Waals surface area contributed by atoms with Crippen LogP contribution in [0.3, 0.4) is 0 Å². The molecular formula is C21H26N2O3. The minimum atomic E-state index is -0.0236. The number of carbonyl (C=O) groups is 1. The normalized spacial score (nSPS) is 19.4. The summed E-state index contributed by atoms with van der Waals surface area (Å²) in [5, 5.41) is 0. The first kappa shape index (κ1) is 18.3. The summed E-state index contributed by atoms with van der Waals surface area (Å²) in [5.41, 5.74) is 8.27. The first-order valence-electron chi connectivity index (χ1n) is 8.92. The molecule has 5 nitrogen and oxygen atoms in total. The Labute approximate surface area is 154 Å². The van der Waals surface area contributed by atoms with E-state index in [1.54, 1.807) is 7.11 Å². The van der Waals surface area contributed by atoms with Crippen LogP contribution in [0, 0.1) is 12.8 Å². The highest BCUT2D eigenvalue weighted by Crippen LogP contribution is 2.32. The van der Waals surface area contributed by atoms with Crippen LogP contribution in [0.4, 0.5) is 0 Å². The van der Waals surface area contributed by atoms with Gasteiger partial charge in [0, 0.05) is 19.0 Å². The van der Waals surface area contributed by atoms with E-state index < -0.39 is 0 Å². The molecule has 1 saturated heterocycles. The summed E-state index contributed by atoms with van der Waals surface area (Å²) in [6, 6.07) is 15.9. The summed E-state index contributed by atoms with van der Waals surface area (Å²) in [6.07, 6.45) is 0. The third-order valence-corrected chi connectivity index (χ3v) is 4.99. The summed E-state index contributed by atoms with van der Waals surface area (Å²) < 4.78 is 11.0. The summed E-state index contributed by atoms with van der Waals surface area (Å²) in [7, 11) is 1.60. The molecule has 2 aromatic rings. The second-order valence-corrected chi connectivity index (χ2v) is 6.75. The SMILES string of the molecule is COc1cc(C)ccc1OCC(=O)N1C[C@@H](CN)[C@H](c2ccccc2)C1. The molecule has 0 aliphatic carbocycles. The first-order chi connectivity index (χ1) is 12.6. The number of ether oxygens (including phenoxy) is 2. The van der Waals surface area contributed by atoms with E-state index in [4.69, 9.17) is 15.2 Å². The lowest BCUT2D eigenvalue weighted by molar-refractivity contribution is -0.132. The van der Waals surface area contributed by atoms with Crippen LogP contribution >= 0.6 is 0 Å². The average Bonchev–Trinajstić information content (AvgIpc) is 3.12. The van der Waals surface area contributed by atoms with Gasteiger partial charge in [-0.25, -0.2) is 0 Å². The van der Waals surface area contributed by atoms with Crippen molar-refractivity contribution in [3.63, 3.8) is 0 Å². The maximum absolute atomic E-state index is 12.6. The maximum atomic E-state index is 12.6. The predicted octanol–water partition coefficient (Wildman–Crippen LogP) is 2.58. The summed E-state index contributed by atoms with van der Waals surface area (Å²) in [6.45, 7) is 3.90. The molecule has 0 bridgehead atoms. The van der Waals surface area contributed by atoms with Crippen molar-refractivity contribution in [3.8, 4) is 11.5 Å². The number of benzene rings is 2. The second-order valence-electron chi connectivity index (χ2n) is 6.75.